The van der Waals surface area contributed by atoms with Crippen LogP contribution in [0, 0.1) is 11.8 Å². The highest BCUT2D eigenvalue weighted by Crippen LogP contribution is 2.16. The van der Waals surface area contributed by atoms with Crippen molar-refractivity contribution in [1.82, 2.24) is 0 Å². The van der Waals surface area contributed by atoms with Crippen LogP contribution in [0.4, 0.5) is 0 Å². The third-order valence-electron chi connectivity index (χ3n) is 6.64. The zero-order chi connectivity index (χ0) is 22.5. The normalized spacial score (nSPS) is 12.3. The molecule has 0 N–H and O–H groups in total. The standard InChI is InChI=1S/C29H44Si2/c1-6-8-10-12-24-30(3)28-20-16-26(17-21-28)14-15-27-18-22-29(23-19-27)31(4,5)25-13-11-9-7-2/h16-23,30H,6-13,24-25H2,1-5H3. The summed E-state index contributed by atoms with van der Waals surface area (Å²) >= 11 is 0. The quantitative estimate of drug-likeness (QED) is 0.182. The summed E-state index contributed by atoms with van der Waals surface area (Å²) in [6, 6.07) is 21.0. The van der Waals surface area contributed by atoms with Crippen LogP contribution >= 0.6 is 0 Å². The first kappa shape index (κ1) is 25.7. The summed E-state index contributed by atoms with van der Waals surface area (Å²) in [7, 11) is -2.10. The molecule has 0 radical (unpaired) electrons. The molecule has 0 aliphatic heterocycles. The van der Waals surface area contributed by atoms with Crippen LogP contribution in [0.2, 0.25) is 31.7 Å². The minimum absolute atomic E-state index is 0.783. The van der Waals surface area contributed by atoms with E-state index < -0.39 is 16.9 Å². The van der Waals surface area contributed by atoms with E-state index in [1.807, 2.05) is 0 Å². The maximum absolute atomic E-state index is 3.37. The van der Waals surface area contributed by atoms with Crippen molar-refractivity contribution >= 4 is 27.2 Å². The third-order valence-corrected chi connectivity index (χ3v) is 12.9. The molecule has 0 heterocycles. The van der Waals surface area contributed by atoms with Crippen molar-refractivity contribution in [2.75, 3.05) is 0 Å². The third kappa shape index (κ3) is 9.21. The molecule has 2 rings (SSSR count). The van der Waals surface area contributed by atoms with Gasteiger partial charge in [-0.2, -0.15) is 0 Å². The van der Waals surface area contributed by atoms with Crippen molar-refractivity contribution in [3.05, 3.63) is 59.7 Å². The second-order valence-corrected chi connectivity index (χ2v) is 17.8. The molecular formula is C29H44Si2. The summed E-state index contributed by atoms with van der Waals surface area (Å²) in [5.74, 6) is 6.74. The van der Waals surface area contributed by atoms with E-state index in [1.54, 1.807) is 10.4 Å². The molecule has 0 saturated carbocycles. The maximum atomic E-state index is 3.37. The molecule has 0 aliphatic rings. The van der Waals surface area contributed by atoms with Gasteiger partial charge in [0.25, 0.3) is 0 Å². The Balaban J connectivity index is 1.91. The van der Waals surface area contributed by atoms with Gasteiger partial charge in [-0.15, -0.1) is 0 Å². The van der Waals surface area contributed by atoms with Gasteiger partial charge >= 0.3 is 0 Å². The molecule has 0 aromatic heterocycles. The molecule has 0 aliphatic carbocycles. The summed E-state index contributed by atoms with van der Waals surface area (Å²) < 4.78 is 0. The van der Waals surface area contributed by atoms with Crippen LogP contribution in [-0.2, 0) is 0 Å². The fourth-order valence-corrected chi connectivity index (χ4v) is 8.80. The minimum Gasteiger partial charge on any atom is -0.0680 e. The van der Waals surface area contributed by atoms with E-state index in [0.717, 1.165) is 11.1 Å². The Kier molecular flexibility index (Phi) is 11.4. The fraction of sp³-hybridized carbons (Fsp3) is 0.517. The van der Waals surface area contributed by atoms with Crippen molar-refractivity contribution in [2.45, 2.75) is 96.9 Å². The zero-order valence-electron chi connectivity index (χ0n) is 20.8. The summed E-state index contributed by atoms with van der Waals surface area (Å²) in [5, 5.41) is 3.15. The number of unbranched alkanes of at least 4 members (excludes halogenated alkanes) is 6. The van der Waals surface area contributed by atoms with Gasteiger partial charge in [-0.25, -0.2) is 0 Å². The molecule has 0 spiro atoms. The summed E-state index contributed by atoms with van der Waals surface area (Å²) in [6.07, 6.45) is 11.0. The Labute approximate surface area is 195 Å². The van der Waals surface area contributed by atoms with E-state index in [1.165, 1.54) is 63.5 Å². The van der Waals surface area contributed by atoms with Gasteiger partial charge in [-0.1, -0.05) is 143 Å². The lowest BCUT2D eigenvalue weighted by Crippen LogP contribution is -2.40. The van der Waals surface area contributed by atoms with Gasteiger partial charge < -0.3 is 0 Å². The van der Waals surface area contributed by atoms with E-state index in [2.05, 4.69) is 93.9 Å². The molecule has 0 nitrogen and oxygen atoms in total. The molecule has 2 aromatic rings. The van der Waals surface area contributed by atoms with Crippen LogP contribution in [0.3, 0.4) is 0 Å². The number of hydrogen-bond acceptors (Lipinski definition) is 0. The van der Waals surface area contributed by atoms with Gasteiger partial charge in [0.1, 0.15) is 0 Å². The van der Waals surface area contributed by atoms with Crippen molar-refractivity contribution in [2.24, 2.45) is 0 Å². The zero-order valence-corrected chi connectivity index (χ0v) is 22.9. The number of benzene rings is 2. The summed E-state index contributed by atoms with van der Waals surface area (Å²) in [4.78, 5) is 0. The van der Waals surface area contributed by atoms with Gasteiger partial charge in [0, 0.05) is 11.1 Å². The van der Waals surface area contributed by atoms with Crippen LogP contribution in [0.25, 0.3) is 0 Å². The molecular weight excluding hydrogens is 404 g/mol. The van der Waals surface area contributed by atoms with Crippen molar-refractivity contribution < 1.29 is 0 Å². The summed E-state index contributed by atoms with van der Waals surface area (Å²) in [6.45, 7) is 12.1. The van der Waals surface area contributed by atoms with Gasteiger partial charge in [0.2, 0.25) is 0 Å². The number of hydrogen-bond donors (Lipinski definition) is 0. The van der Waals surface area contributed by atoms with Crippen molar-refractivity contribution in [3.8, 4) is 11.8 Å². The predicted molar refractivity (Wildman–Crippen MR) is 147 cm³/mol. The SMILES string of the molecule is CCCCCC[SiH](C)c1ccc(C#Cc2ccc([Si](C)(C)CCCCCC)cc2)cc1. The van der Waals surface area contributed by atoms with Gasteiger partial charge in [0.15, 0.2) is 0 Å². The van der Waals surface area contributed by atoms with E-state index in [-0.39, 0.29) is 0 Å². The highest BCUT2D eigenvalue weighted by atomic mass is 28.3. The highest BCUT2D eigenvalue weighted by Gasteiger charge is 2.22. The predicted octanol–water partition coefficient (Wildman–Crippen LogP) is 7.23. The Hall–Kier alpha value is -1.57. The van der Waals surface area contributed by atoms with Gasteiger partial charge in [-0.3, -0.25) is 0 Å². The maximum Gasteiger partial charge on any atom is 0.0806 e. The monoisotopic (exact) mass is 448 g/mol. The topological polar surface area (TPSA) is 0 Å². The first-order chi connectivity index (χ1) is 15.0. The fourth-order valence-electron chi connectivity index (χ4n) is 4.23. The smallest absolute Gasteiger partial charge is 0.0680 e. The van der Waals surface area contributed by atoms with Gasteiger partial charge in [0.05, 0.1) is 16.9 Å². The first-order valence-electron chi connectivity index (χ1n) is 12.7. The van der Waals surface area contributed by atoms with E-state index in [4.69, 9.17) is 0 Å². The van der Waals surface area contributed by atoms with Crippen LogP contribution in [0.5, 0.6) is 0 Å². The second kappa shape index (κ2) is 13.8. The Bertz CT molecular complexity index is 807. The van der Waals surface area contributed by atoms with Crippen LogP contribution < -0.4 is 10.4 Å². The molecule has 31 heavy (non-hydrogen) atoms. The van der Waals surface area contributed by atoms with Crippen LogP contribution in [0.1, 0.15) is 76.3 Å². The molecule has 0 bridgehead atoms. The Morgan fingerprint density at radius 3 is 1.74 bits per heavy atom. The largest absolute Gasteiger partial charge is 0.0806 e. The highest BCUT2D eigenvalue weighted by molar-refractivity contribution is 6.89. The van der Waals surface area contributed by atoms with Crippen molar-refractivity contribution in [3.63, 3.8) is 0 Å². The molecule has 1 atom stereocenters. The molecule has 0 fully saturated rings. The van der Waals surface area contributed by atoms with E-state index >= 15 is 0 Å². The molecule has 2 aromatic carbocycles. The molecule has 0 amide bonds. The molecule has 1 unspecified atom stereocenters. The van der Waals surface area contributed by atoms with E-state index in [9.17, 15) is 0 Å². The first-order valence-corrected chi connectivity index (χ1v) is 18.4. The summed E-state index contributed by atoms with van der Waals surface area (Å²) in [5.41, 5.74) is 2.26. The average molecular weight is 449 g/mol. The lowest BCUT2D eigenvalue weighted by Gasteiger charge is -2.23. The van der Waals surface area contributed by atoms with Gasteiger partial charge in [-0.05, 0) is 24.3 Å². The lowest BCUT2D eigenvalue weighted by atomic mass is 10.2. The van der Waals surface area contributed by atoms with Crippen molar-refractivity contribution in [1.29, 1.82) is 0 Å². The molecule has 168 valence electrons. The molecule has 2 heteroatoms. The molecule has 0 saturated heterocycles. The van der Waals surface area contributed by atoms with Crippen LogP contribution in [0.15, 0.2) is 48.5 Å². The minimum atomic E-state index is -1.32. The Morgan fingerprint density at radius 2 is 1.19 bits per heavy atom. The Morgan fingerprint density at radius 1 is 0.677 bits per heavy atom. The second-order valence-electron chi connectivity index (χ2n) is 9.89. The van der Waals surface area contributed by atoms with Crippen LogP contribution in [-0.4, -0.2) is 16.9 Å². The average Bonchev–Trinajstić information content (AvgIpc) is 2.79. The lowest BCUT2D eigenvalue weighted by molar-refractivity contribution is 0.697. The number of rotatable bonds is 12. The van der Waals surface area contributed by atoms with E-state index in [0.29, 0.717) is 0 Å².